The first-order valence-corrected chi connectivity index (χ1v) is 7.81. The molecule has 0 fully saturated rings. The average molecular weight is 343 g/mol. The van der Waals surface area contributed by atoms with Gasteiger partial charge in [0.15, 0.2) is 5.82 Å². The Hall–Kier alpha value is -2.93. The van der Waals surface area contributed by atoms with Crippen molar-refractivity contribution in [1.29, 1.82) is 0 Å². The SMILES string of the molecule is COc1ccc(NC(=O)CCc2nc3c(F)cccc3[nH]2)cc1CO. The van der Waals surface area contributed by atoms with E-state index in [1.165, 1.54) is 13.2 Å². The van der Waals surface area contributed by atoms with Crippen LogP contribution in [0.15, 0.2) is 36.4 Å². The number of halogens is 1. The Kier molecular flexibility index (Phi) is 4.95. The van der Waals surface area contributed by atoms with Crippen LogP contribution in [0.25, 0.3) is 11.0 Å². The topological polar surface area (TPSA) is 87.2 Å². The Morgan fingerprint density at radius 2 is 2.20 bits per heavy atom. The van der Waals surface area contributed by atoms with E-state index >= 15 is 0 Å². The van der Waals surface area contributed by atoms with Gasteiger partial charge in [0, 0.05) is 24.1 Å². The fourth-order valence-electron chi connectivity index (χ4n) is 2.60. The summed E-state index contributed by atoms with van der Waals surface area (Å²) in [7, 11) is 1.52. The number of benzene rings is 2. The van der Waals surface area contributed by atoms with E-state index in [2.05, 4.69) is 15.3 Å². The van der Waals surface area contributed by atoms with Crippen LogP contribution in [0.3, 0.4) is 0 Å². The van der Waals surface area contributed by atoms with Crippen molar-refractivity contribution in [2.45, 2.75) is 19.4 Å². The number of anilines is 1. The molecule has 3 rings (SSSR count). The van der Waals surface area contributed by atoms with Crippen LogP contribution in [0, 0.1) is 5.82 Å². The molecule has 130 valence electrons. The highest BCUT2D eigenvalue weighted by molar-refractivity contribution is 5.91. The molecule has 0 atom stereocenters. The minimum absolute atomic E-state index is 0.183. The number of ether oxygens (including phenoxy) is 1. The van der Waals surface area contributed by atoms with E-state index in [1.807, 2.05) is 0 Å². The normalized spacial score (nSPS) is 10.8. The van der Waals surface area contributed by atoms with Gasteiger partial charge < -0.3 is 20.1 Å². The second-order valence-corrected chi connectivity index (χ2v) is 5.55. The Bertz CT molecular complexity index is 908. The molecule has 7 heteroatoms. The van der Waals surface area contributed by atoms with Crippen molar-refractivity contribution in [1.82, 2.24) is 9.97 Å². The number of aromatic amines is 1. The third-order valence-electron chi connectivity index (χ3n) is 3.84. The van der Waals surface area contributed by atoms with Gasteiger partial charge in [-0.25, -0.2) is 9.37 Å². The number of nitrogens with zero attached hydrogens (tertiary/aromatic N) is 1. The van der Waals surface area contributed by atoms with Crippen LogP contribution in [0.1, 0.15) is 17.8 Å². The van der Waals surface area contributed by atoms with Crippen molar-refractivity contribution in [3.8, 4) is 5.75 Å². The number of carbonyl (C=O) groups is 1. The van der Waals surface area contributed by atoms with Gasteiger partial charge in [0.05, 0.1) is 19.2 Å². The first kappa shape index (κ1) is 16.9. The van der Waals surface area contributed by atoms with Gasteiger partial charge in [0.2, 0.25) is 5.91 Å². The van der Waals surface area contributed by atoms with E-state index < -0.39 is 0 Å². The number of aryl methyl sites for hydroxylation is 1. The molecule has 1 heterocycles. The summed E-state index contributed by atoms with van der Waals surface area (Å²) >= 11 is 0. The molecule has 0 bridgehead atoms. The molecule has 0 saturated carbocycles. The molecule has 2 aromatic carbocycles. The summed E-state index contributed by atoms with van der Waals surface area (Å²) in [5.74, 6) is 0.528. The van der Waals surface area contributed by atoms with Crippen LogP contribution >= 0.6 is 0 Å². The molecule has 1 aromatic heterocycles. The molecule has 3 N–H and O–H groups in total. The van der Waals surface area contributed by atoms with Gasteiger partial charge in [-0.2, -0.15) is 0 Å². The van der Waals surface area contributed by atoms with Crippen molar-refractivity contribution in [3.63, 3.8) is 0 Å². The standard InChI is InChI=1S/C18H18FN3O3/c1-25-15-6-5-12(9-11(15)10-23)20-17(24)8-7-16-21-14-4-2-3-13(19)18(14)22-16/h2-6,9,23H,7-8,10H2,1H3,(H,20,24)(H,21,22). The molecule has 3 aromatic rings. The predicted molar refractivity (Wildman–Crippen MR) is 91.9 cm³/mol. The average Bonchev–Trinajstić information content (AvgIpc) is 3.04. The van der Waals surface area contributed by atoms with Crippen LogP contribution in [-0.4, -0.2) is 28.1 Å². The summed E-state index contributed by atoms with van der Waals surface area (Å²) in [6.07, 6.45) is 0.560. The molecule has 25 heavy (non-hydrogen) atoms. The Morgan fingerprint density at radius 3 is 2.92 bits per heavy atom. The zero-order chi connectivity index (χ0) is 17.8. The highest BCUT2D eigenvalue weighted by Gasteiger charge is 2.10. The van der Waals surface area contributed by atoms with Crippen molar-refractivity contribution in [2.24, 2.45) is 0 Å². The van der Waals surface area contributed by atoms with Crippen molar-refractivity contribution in [2.75, 3.05) is 12.4 Å². The number of amides is 1. The molecule has 6 nitrogen and oxygen atoms in total. The smallest absolute Gasteiger partial charge is 0.224 e. The molecule has 0 spiro atoms. The number of hydrogen-bond donors (Lipinski definition) is 3. The van der Waals surface area contributed by atoms with Crippen LogP contribution in [-0.2, 0) is 17.8 Å². The maximum Gasteiger partial charge on any atom is 0.224 e. The minimum atomic E-state index is -0.390. The highest BCUT2D eigenvalue weighted by atomic mass is 19.1. The van der Waals surface area contributed by atoms with E-state index in [0.717, 1.165) is 0 Å². The molecular formula is C18H18FN3O3. The lowest BCUT2D eigenvalue weighted by Crippen LogP contribution is -2.13. The minimum Gasteiger partial charge on any atom is -0.496 e. The summed E-state index contributed by atoms with van der Waals surface area (Å²) in [4.78, 5) is 19.3. The number of aromatic nitrogens is 2. The van der Waals surface area contributed by atoms with Gasteiger partial charge in [-0.05, 0) is 30.3 Å². The largest absolute Gasteiger partial charge is 0.496 e. The van der Waals surface area contributed by atoms with Crippen molar-refractivity contribution in [3.05, 3.63) is 53.6 Å². The summed E-state index contributed by atoms with van der Waals surface area (Å²) < 4.78 is 18.8. The number of rotatable bonds is 6. The van der Waals surface area contributed by atoms with Crippen LogP contribution in [0.4, 0.5) is 10.1 Å². The van der Waals surface area contributed by atoms with Gasteiger partial charge in [0.25, 0.3) is 0 Å². The number of methoxy groups -OCH3 is 1. The zero-order valence-electron chi connectivity index (χ0n) is 13.7. The molecule has 1 amide bonds. The molecular weight excluding hydrogens is 325 g/mol. The molecule has 0 radical (unpaired) electrons. The maximum absolute atomic E-state index is 13.6. The van der Waals surface area contributed by atoms with Gasteiger partial charge in [-0.15, -0.1) is 0 Å². The lowest BCUT2D eigenvalue weighted by Gasteiger charge is -2.10. The number of H-pyrrole nitrogens is 1. The molecule has 0 saturated heterocycles. The van der Waals surface area contributed by atoms with Gasteiger partial charge in [-0.1, -0.05) is 6.07 Å². The first-order valence-electron chi connectivity index (χ1n) is 7.81. The number of nitrogens with one attached hydrogen (secondary N) is 2. The van der Waals surface area contributed by atoms with E-state index in [0.29, 0.717) is 34.8 Å². The van der Waals surface area contributed by atoms with Crippen LogP contribution in [0.5, 0.6) is 5.75 Å². The van der Waals surface area contributed by atoms with Crippen LogP contribution < -0.4 is 10.1 Å². The molecule has 0 aliphatic carbocycles. The second kappa shape index (κ2) is 7.31. The number of aliphatic hydroxyl groups excluding tert-OH is 1. The monoisotopic (exact) mass is 343 g/mol. The third kappa shape index (κ3) is 3.77. The zero-order valence-corrected chi connectivity index (χ0v) is 13.7. The van der Waals surface area contributed by atoms with E-state index in [1.54, 1.807) is 30.3 Å². The molecule has 0 unspecified atom stereocenters. The fourth-order valence-corrected chi connectivity index (χ4v) is 2.60. The predicted octanol–water partition coefficient (Wildman–Crippen LogP) is 2.77. The highest BCUT2D eigenvalue weighted by Crippen LogP contribution is 2.23. The molecule has 0 aliphatic rings. The third-order valence-corrected chi connectivity index (χ3v) is 3.84. The second-order valence-electron chi connectivity index (χ2n) is 5.55. The quantitative estimate of drug-likeness (QED) is 0.642. The van der Waals surface area contributed by atoms with Crippen LogP contribution in [0.2, 0.25) is 0 Å². The summed E-state index contributed by atoms with van der Waals surface area (Å²) in [6.45, 7) is -0.183. The lowest BCUT2D eigenvalue weighted by atomic mass is 10.2. The summed E-state index contributed by atoms with van der Waals surface area (Å²) in [5.41, 5.74) is 2.05. The van der Waals surface area contributed by atoms with E-state index in [4.69, 9.17) is 4.74 Å². The van der Waals surface area contributed by atoms with E-state index in [9.17, 15) is 14.3 Å². The number of fused-ring (bicyclic) bond motifs is 1. The van der Waals surface area contributed by atoms with Crippen molar-refractivity contribution < 1.29 is 19.0 Å². The van der Waals surface area contributed by atoms with Gasteiger partial charge in [-0.3, -0.25) is 4.79 Å². The number of aliphatic hydroxyl groups is 1. The number of carbonyl (C=O) groups excluding carboxylic acids is 1. The Morgan fingerprint density at radius 1 is 1.36 bits per heavy atom. The van der Waals surface area contributed by atoms with E-state index in [-0.39, 0.29) is 30.3 Å². The maximum atomic E-state index is 13.6. The number of imidazole rings is 1. The summed E-state index contributed by atoms with van der Waals surface area (Å²) in [5, 5.41) is 12.1. The Labute approximate surface area is 143 Å². The van der Waals surface area contributed by atoms with Gasteiger partial charge >= 0.3 is 0 Å². The lowest BCUT2D eigenvalue weighted by molar-refractivity contribution is -0.116. The van der Waals surface area contributed by atoms with Crippen molar-refractivity contribution >= 4 is 22.6 Å². The number of hydrogen-bond acceptors (Lipinski definition) is 4. The first-order chi connectivity index (χ1) is 12.1. The summed E-state index contributed by atoms with van der Waals surface area (Å²) in [6, 6.07) is 9.74. The fraction of sp³-hybridized carbons (Fsp3) is 0.222. The van der Waals surface area contributed by atoms with Gasteiger partial charge in [0.1, 0.15) is 17.1 Å². The molecule has 0 aliphatic heterocycles. The number of para-hydroxylation sites is 1. The Balaban J connectivity index is 1.63.